The molecule has 1 saturated carbocycles. The van der Waals surface area contributed by atoms with Crippen molar-refractivity contribution in [3.05, 3.63) is 0 Å². The topological polar surface area (TPSA) is 33.7 Å². The van der Waals surface area contributed by atoms with Crippen molar-refractivity contribution in [1.29, 1.82) is 0 Å². The van der Waals surface area contributed by atoms with Crippen LogP contribution >= 0.6 is 0 Å². The van der Waals surface area contributed by atoms with Crippen molar-refractivity contribution >= 4 is 0 Å². The first-order valence-corrected chi connectivity index (χ1v) is 8.33. The summed E-state index contributed by atoms with van der Waals surface area (Å²) in [5, 5.41) is 3.52. The van der Waals surface area contributed by atoms with Gasteiger partial charge in [0.05, 0.1) is 19.3 Å². The number of methoxy groups -OCH3 is 1. The van der Waals surface area contributed by atoms with Crippen molar-refractivity contribution in [2.75, 3.05) is 47.0 Å². The largest absolute Gasteiger partial charge is 0.382 e. The molecule has 2 aliphatic rings. The van der Waals surface area contributed by atoms with E-state index >= 15 is 0 Å². The zero-order valence-electron chi connectivity index (χ0n) is 13.3. The lowest BCUT2D eigenvalue weighted by molar-refractivity contribution is -0.0253. The van der Waals surface area contributed by atoms with Crippen LogP contribution in [0.15, 0.2) is 0 Å². The van der Waals surface area contributed by atoms with E-state index in [0.29, 0.717) is 12.7 Å². The van der Waals surface area contributed by atoms with Crippen LogP contribution < -0.4 is 5.32 Å². The number of hydrogen-bond acceptors (Lipinski definition) is 4. The molecule has 3 atom stereocenters. The highest BCUT2D eigenvalue weighted by Gasteiger charge is 2.28. The monoisotopic (exact) mass is 284 g/mol. The fourth-order valence-corrected chi connectivity index (χ4v) is 3.75. The van der Waals surface area contributed by atoms with Crippen LogP contribution in [0.25, 0.3) is 0 Å². The lowest BCUT2D eigenvalue weighted by Gasteiger charge is -2.39. The van der Waals surface area contributed by atoms with E-state index in [2.05, 4.69) is 17.3 Å². The molecule has 0 aromatic carbocycles. The van der Waals surface area contributed by atoms with Crippen molar-refractivity contribution in [2.24, 2.45) is 5.92 Å². The van der Waals surface area contributed by atoms with Gasteiger partial charge in [-0.2, -0.15) is 0 Å². The van der Waals surface area contributed by atoms with Crippen LogP contribution in [0.3, 0.4) is 0 Å². The number of nitrogens with zero attached hydrogens (tertiary/aromatic N) is 1. The number of likely N-dealkylation sites (tertiary alicyclic amines) is 1. The maximum atomic E-state index is 5.91. The van der Waals surface area contributed by atoms with Crippen molar-refractivity contribution in [2.45, 2.75) is 50.7 Å². The Balaban J connectivity index is 1.73. The van der Waals surface area contributed by atoms with Gasteiger partial charge in [-0.15, -0.1) is 0 Å². The Morgan fingerprint density at radius 2 is 1.95 bits per heavy atom. The van der Waals surface area contributed by atoms with Gasteiger partial charge in [-0.25, -0.2) is 0 Å². The molecule has 4 heteroatoms. The molecule has 2 rings (SSSR count). The van der Waals surface area contributed by atoms with Crippen LogP contribution in [-0.2, 0) is 9.47 Å². The highest BCUT2D eigenvalue weighted by atomic mass is 16.5. The molecule has 0 bridgehead atoms. The van der Waals surface area contributed by atoms with E-state index in [1.165, 1.54) is 51.6 Å². The third-order valence-corrected chi connectivity index (χ3v) is 4.88. The SMILES string of the molecule is CNC1CCCCC1CN1CCC[C@@H](OCCOC)C1. The van der Waals surface area contributed by atoms with E-state index in [0.717, 1.165) is 25.1 Å². The molecular formula is C16H32N2O2. The Morgan fingerprint density at radius 1 is 1.10 bits per heavy atom. The summed E-state index contributed by atoms with van der Waals surface area (Å²) in [6, 6.07) is 0.721. The van der Waals surface area contributed by atoms with Crippen LogP contribution in [0, 0.1) is 5.92 Å². The van der Waals surface area contributed by atoms with E-state index in [4.69, 9.17) is 9.47 Å². The van der Waals surface area contributed by atoms with E-state index in [-0.39, 0.29) is 0 Å². The summed E-state index contributed by atoms with van der Waals surface area (Å²) in [7, 11) is 3.85. The zero-order valence-corrected chi connectivity index (χ0v) is 13.3. The molecule has 1 aliphatic carbocycles. The number of ether oxygens (including phenoxy) is 2. The van der Waals surface area contributed by atoms with Gasteiger partial charge in [0.1, 0.15) is 0 Å². The van der Waals surface area contributed by atoms with Crippen LogP contribution in [0.2, 0.25) is 0 Å². The van der Waals surface area contributed by atoms with E-state index in [1.807, 2.05) is 0 Å². The third kappa shape index (κ3) is 4.99. The van der Waals surface area contributed by atoms with Crippen LogP contribution in [0.4, 0.5) is 0 Å². The minimum absolute atomic E-state index is 0.413. The van der Waals surface area contributed by atoms with E-state index in [1.54, 1.807) is 7.11 Å². The molecule has 0 radical (unpaired) electrons. The Hall–Kier alpha value is -0.160. The normalized spacial score (nSPS) is 32.4. The van der Waals surface area contributed by atoms with Gasteiger partial charge in [0.2, 0.25) is 0 Å². The van der Waals surface area contributed by atoms with Crippen molar-refractivity contribution in [3.63, 3.8) is 0 Å². The van der Waals surface area contributed by atoms with Gasteiger partial charge in [-0.1, -0.05) is 12.8 Å². The summed E-state index contributed by atoms with van der Waals surface area (Å²) in [5.41, 5.74) is 0. The maximum absolute atomic E-state index is 5.91. The molecular weight excluding hydrogens is 252 g/mol. The molecule has 1 saturated heterocycles. The van der Waals surface area contributed by atoms with Gasteiger partial charge >= 0.3 is 0 Å². The Kier molecular flexibility index (Phi) is 7.28. The van der Waals surface area contributed by atoms with E-state index in [9.17, 15) is 0 Å². The number of piperidine rings is 1. The molecule has 0 spiro atoms. The first-order valence-electron chi connectivity index (χ1n) is 8.33. The summed E-state index contributed by atoms with van der Waals surface area (Å²) >= 11 is 0. The highest BCUT2D eigenvalue weighted by Crippen LogP contribution is 2.26. The minimum atomic E-state index is 0.413. The molecule has 2 unspecified atom stereocenters. The van der Waals surface area contributed by atoms with Gasteiger partial charge in [0.15, 0.2) is 0 Å². The number of nitrogens with one attached hydrogen (secondary N) is 1. The third-order valence-electron chi connectivity index (χ3n) is 4.88. The second kappa shape index (κ2) is 8.98. The molecule has 118 valence electrons. The lowest BCUT2D eigenvalue weighted by atomic mass is 9.84. The van der Waals surface area contributed by atoms with Crippen molar-refractivity contribution in [1.82, 2.24) is 10.2 Å². The zero-order chi connectivity index (χ0) is 14.2. The Morgan fingerprint density at radius 3 is 2.75 bits per heavy atom. The quantitative estimate of drug-likeness (QED) is 0.724. The minimum Gasteiger partial charge on any atom is -0.382 e. The van der Waals surface area contributed by atoms with E-state index < -0.39 is 0 Å². The smallest absolute Gasteiger partial charge is 0.0704 e. The molecule has 1 N–H and O–H groups in total. The van der Waals surface area contributed by atoms with Gasteiger partial charge in [0.25, 0.3) is 0 Å². The molecule has 20 heavy (non-hydrogen) atoms. The molecule has 0 amide bonds. The van der Waals surface area contributed by atoms with Crippen LogP contribution in [0.1, 0.15) is 38.5 Å². The number of rotatable bonds is 7. The van der Waals surface area contributed by atoms with Gasteiger partial charge in [-0.3, -0.25) is 0 Å². The Labute approximate surface area is 124 Å². The lowest BCUT2D eigenvalue weighted by Crippen LogP contribution is -2.47. The fraction of sp³-hybridized carbons (Fsp3) is 1.00. The summed E-state index contributed by atoms with van der Waals surface area (Å²) in [6.07, 6.45) is 8.43. The molecule has 4 nitrogen and oxygen atoms in total. The first-order chi connectivity index (χ1) is 9.83. The fourth-order valence-electron chi connectivity index (χ4n) is 3.75. The maximum Gasteiger partial charge on any atom is 0.0704 e. The second-order valence-corrected chi connectivity index (χ2v) is 6.33. The molecule has 0 aromatic rings. The molecule has 0 aromatic heterocycles. The Bertz CT molecular complexity index is 263. The van der Waals surface area contributed by atoms with Crippen molar-refractivity contribution < 1.29 is 9.47 Å². The predicted molar refractivity (Wildman–Crippen MR) is 82.1 cm³/mol. The molecule has 2 fully saturated rings. The summed E-state index contributed by atoms with van der Waals surface area (Å²) in [4.78, 5) is 2.63. The summed E-state index contributed by atoms with van der Waals surface area (Å²) in [6.45, 7) is 5.04. The van der Waals surface area contributed by atoms with Crippen LogP contribution in [-0.4, -0.2) is 64.1 Å². The summed E-state index contributed by atoms with van der Waals surface area (Å²) in [5.74, 6) is 0.825. The van der Waals surface area contributed by atoms with Crippen molar-refractivity contribution in [3.8, 4) is 0 Å². The van der Waals surface area contributed by atoms with Gasteiger partial charge < -0.3 is 19.7 Å². The standard InChI is InChI=1S/C16H32N2O2/c1-17-16-8-4-3-6-14(16)12-18-9-5-7-15(13-18)20-11-10-19-2/h14-17H,3-13H2,1-2H3/t14?,15-,16?/m1/s1. The average Bonchev–Trinajstić information content (AvgIpc) is 2.48. The van der Waals surface area contributed by atoms with Crippen LogP contribution in [0.5, 0.6) is 0 Å². The second-order valence-electron chi connectivity index (χ2n) is 6.33. The van der Waals surface area contributed by atoms with Gasteiger partial charge in [0, 0.05) is 26.2 Å². The highest BCUT2D eigenvalue weighted by molar-refractivity contribution is 4.84. The average molecular weight is 284 g/mol. The first kappa shape index (κ1) is 16.2. The molecule has 1 aliphatic heterocycles. The predicted octanol–water partition coefficient (Wildman–Crippen LogP) is 1.89. The van der Waals surface area contributed by atoms with Gasteiger partial charge in [-0.05, 0) is 45.2 Å². The molecule has 1 heterocycles. The summed E-state index contributed by atoms with van der Waals surface area (Å²) < 4.78 is 11.0. The number of hydrogen-bond donors (Lipinski definition) is 1.